The van der Waals surface area contributed by atoms with Crippen LogP contribution in [0.4, 0.5) is 0 Å². The number of hydrogen-bond donors (Lipinski definition) is 0. The van der Waals surface area contributed by atoms with Crippen molar-refractivity contribution in [3.8, 4) is 0 Å². The number of ether oxygens (including phenoxy) is 3. The van der Waals surface area contributed by atoms with E-state index in [2.05, 4.69) is 32.9 Å². The first-order valence-corrected chi connectivity index (χ1v) is 24.7. The van der Waals surface area contributed by atoms with E-state index in [1.165, 1.54) is 161 Å². The minimum Gasteiger partial charge on any atom is -0.462 e. The van der Waals surface area contributed by atoms with E-state index in [1.807, 2.05) is 0 Å². The molecule has 0 aromatic heterocycles. The quantitative estimate of drug-likeness (QED) is 0.0264. The Morgan fingerprint density at radius 1 is 0.339 bits per heavy atom. The first-order chi connectivity index (χ1) is 27.5. The summed E-state index contributed by atoms with van der Waals surface area (Å²) < 4.78 is 16.7. The Bertz CT molecular complexity index is 870. The molecule has 6 heteroatoms. The van der Waals surface area contributed by atoms with Crippen LogP contribution in [0.3, 0.4) is 0 Å². The van der Waals surface area contributed by atoms with E-state index in [0.29, 0.717) is 19.3 Å². The van der Waals surface area contributed by atoms with Gasteiger partial charge in [-0.05, 0) is 38.5 Å². The van der Waals surface area contributed by atoms with Crippen LogP contribution in [0.25, 0.3) is 0 Å². The van der Waals surface area contributed by atoms with Gasteiger partial charge in [0.15, 0.2) is 6.10 Å². The molecule has 0 aliphatic carbocycles. The minimum atomic E-state index is -0.764. The van der Waals surface area contributed by atoms with Gasteiger partial charge in [-0.15, -0.1) is 0 Å². The number of carbonyl (C=O) groups excluding carboxylic acids is 3. The predicted octanol–water partition coefficient (Wildman–Crippen LogP) is 15.8. The third-order valence-electron chi connectivity index (χ3n) is 11.0. The second kappa shape index (κ2) is 45.8. The van der Waals surface area contributed by atoms with E-state index >= 15 is 0 Å². The highest BCUT2D eigenvalue weighted by atomic mass is 16.6. The highest BCUT2D eigenvalue weighted by Gasteiger charge is 2.19. The van der Waals surface area contributed by atoms with Crippen LogP contribution < -0.4 is 0 Å². The van der Waals surface area contributed by atoms with Gasteiger partial charge in [0.05, 0.1) is 0 Å². The van der Waals surface area contributed by atoms with Crippen molar-refractivity contribution < 1.29 is 28.6 Å². The monoisotopic (exact) mass is 791 g/mol. The molecule has 0 aromatic rings. The summed E-state index contributed by atoms with van der Waals surface area (Å²) >= 11 is 0. The summed E-state index contributed by atoms with van der Waals surface area (Å²) in [5.74, 6) is -0.867. The van der Waals surface area contributed by atoms with Crippen LogP contribution in [0.1, 0.15) is 271 Å². The van der Waals surface area contributed by atoms with Crippen LogP contribution >= 0.6 is 0 Å². The first kappa shape index (κ1) is 54.2. The number of unbranched alkanes of at least 4 members (excludes halogenated alkanes) is 32. The summed E-state index contributed by atoms with van der Waals surface area (Å²) in [4.78, 5) is 37.8. The zero-order chi connectivity index (χ0) is 40.8. The van der Waals surface area contributed by atoms with Crippen molar-refractivity contribution in [3.05, 3.63) is 12.2 Å². The zero-order valence-electron chi connectivity index (χ0n) is 37.7. The average Bonchev–Trinajstić information content (AvgIpc) is 3.19. The molecule has 0 radical (unpaired) electrons. The van der Waals surface area contributed by atoms with Crippen LogP contribution in [0.2, 0.25) is 0 Å². The fourth-order valence-electron chi connectivity index (χ4n) is 7.27. The van der Waals surface area contributed by atoms with E-state index in [4.69, 9.17) is 14.2 Å². The summed E-state index contributed by atoms with van der Waals surface area (Å²) in [5, 5.41) is 0. The third-order valence-corrected chi connectivity index (χ3v) is 11.0. The van der Waals surface area contributed by atoms with E-state index < -0.39 is 6.10 Å². The second-order valence-corrected chi connectivity index (χ2v) is 16.7. The lowest BCUT2D eigenvalue weighted by molar-refractivity contribution is -0.167. The van der Waals surface area contributed by atoms with Gasteiger partial charge in [0.25, 0.3) is 0 Å². The molecule has 1 unspecified atom stereocenters. The molecular formula is C50H94O6. The summed E-state index contributed by atoms with van der Waals surface area (Å²) in [5.41, 5.74) is 0. The van der Waals surface area contributed by atoms with Gasteiger partial charge in [0, 0.05) is 19.3 Å². The molecule has 0 amide bonds. The molecule has 0 spiro atoms. The van der Waals surface area contributed by atoms with Crippen LogP contribution in [-0.4, -0.2) is 37.2 Å². The fourth-order valence-corrected chi connectivity index (χ4v) is 7.27. The highest BCUT2D eigenvalue weighted by Crippen LogP contribution is 2.16. The Kier molecular flexibility index (Phi) is 44.3. The molecule has 0 aliphatic rings. The highest BCUT2D eigenvalue weighted by molar-refractivity contribution is 5.71. The van der Waals surface area contributed by atoms with Crippen LogP contribution in [-0.2, 0) is 28.6 Å². The van der Waals surface area contributed by atoms with Crippen molar-refractivity contribution in [3.63, 3.8) is 0 Å². The topological polar surface area (TPSA) is 78.9 Å². The Morgan fingerprint density at radius 3 is 0.964 bits per heavy atom. The summed E-state index contributed by atoms with van der Waals surface area (Å²) in [6.45, 7) is 6.59. The maximum absolute atomic E-state index is 12.7. The molecule has 0 rings (SSSR count). The Hall–Kier alpha value is -1.85. The summed E-state index contributed by atoms with van der Waals surface area (Å²) in [7, 11) is 0. The maximum atomic E-state index is 12.7. The SMILES string of the molecule is CCC/C=C\CCCCCCCC(=O)OCC(COC(=O)CCCCCCCCCCCCCCCCCCC)OC(=O)CCCCCCCCCCCCC. The normalized spacial score (nSPS) is 12.0. The van der Waals surface area contributed by atoms with Gasteiger partial charge >= 0.3 is 17.9 Å². The van der Waals surface area contributed by atoms with Crippen LogP contribution in [0.5, 0.6) is 0 Å². The van der Waals surface area contributed by atoms with Gasteiger partial charge < -0.3 is 14.2 Å². The van der Waals surface area contributed by atoms with E-state index in [9.17, 15) is 14.4 Å². The number of rotatable bonds is 45. The molecule has 330 valence electrons. The van der Waals surface area contributed by atoms with Gasteiger partial charge in [-0.3, -0.25) is 14.4 Å². The lowest BCUT2D eigenvalue weighted by Gasteiger charge is -2.18. The average molecular weight is 791 g/mol. The molecule has 0 heterocycles. The van der Waals surface area contributed by atoms with Gasteiger partial charge in [-0.25, -0.2) is 0 Å². The van der Waals surface area contributed by atoms with E-state index in [-0.39, 0.29) is 31.1 Å². The molecule has 0 saturated heterocycles. The Labute approximate surface area is 348 Å². The van der Waals surface area contributed by atoms with Crippen molar-refractivity contribution >= 4 is 17.9 Å². The summed E-state index contributed by atoms with van der Waals surface area (Å²) in [6.07, 6.45) is 49.1. The van der Waals surface area contributed by atoms with Gasteiger partial charge in [0.1, 0.15) is 13.2 Å². The van der Waals surface area contributed by atoms with Crippen molar-refractivity contribution in [2.24, 2.45) is 0 Å². The molecule has 0 bridgehead atoms. The zero-order valence-corrected chi connectivity index (χ0v) is 37.7. The van der Waals surface area contributed by atoms with E-state index in [1.54, 1.807) is 0 Å². The molecule has 56 heavy (non-hydrogen) atoms. The van der Waals surface area contributed by atoms with Crippen molar-refractivity contribution in [2.45, 2.75) is 277 Å². The van der Waals surface area contributed by atoms with Crippen molar-refractivity contribution in [1.29, 1.82) is 0 Å². The van der Waals surface area contributed by atoms with Gasteiger partial charge in [-0.2, -0.15) is 0 Å². The molecule has 0 fully saturated rings. The Morgan fingerprint density at radius 2 is 0.625 bits per heavy atom. The molecule has 6 nitrogen and oxygen atoms in total. The lowest BCUT2D eigenvalue weighted by atomic mass is 10.0. The predicted molar refractivity (Wildman–Crippen MR) is 238 cm³/mol. The fraction of sp³-hybridized carbons (Fsp3) is 0.900. The minimum absolute atomic E-state index is 0.0677. The van der Waals surface area contributed by atoms with Crippen LogP contribution in [0, 0.1) is 0 Å². The second-order valence-electron chi connectivity index (χ2n) is 16.7. The number of hydrogen-bond acceptors (Lipinski definition) is 6. The van der Waals surface area contributed by atoms with E-state index in [0.717, 1.165) is 70.6 Å². The van der Waals surface area contributed by atoms with Gasteiger partial charge in [-0.1, -0.05) is 226 Å². The Balaban J connectivity index is 4.26. The molecule has 0 N–H and O–H groups in total. The molecule has 0 aromatic carbocycles. The third kappa shape index (κ3) is 43.3. The van der Waals surface area contributed by atoms with Crippen molar-refractivity contribution in [2.75, 3.05) is 13.2 Å². The lowest BCUT2D eigenvalue weighted by Crippen LogP contribution is -2.30. The molecule has 1 atom stereocenters. The molecular weight excluding hydrogens is 697 g/mol. The smallest absolute Gasteiger partial charge is 0.306 e. The number of allylic oxidation sites excluding steroid dienone is 2. The van der Waals surface area contributed by atoms with Crippen molar-refractivity contribution in [1.82, 2.24) is 0 Å². The first-order valence-electron chi connectivity index (χ1n) is 24.7. The molecule has 0 aliphatic heterocycles. The maximum Gasteiger partial charge on any atom is 0.306 e. The number of esters is 3. The summed E-state index contributed by atoms with van der Waals surface area (Å²) in [6, 6.07) is 0. The van der Waals surface area contributed by atoms with Gasteiger partial charge in [0.2, 0.25) is 0 Å². The standard InChI is InChI=1S/C50H94O6/c1-4-7-10-13-16-19-22-23-24-25-26-27-29-31-34-37-40-43-49(52)55-46-47(45-54-48(51)42-39-36-33-30-21-18-15-12-9-6-3)56-50(53)44-41-38-35-32-28-20-17-14-11-8-5-2/h12,15,47H,4-11,13-14,16-46H2,1-3H3/b15-12-. The largest absolute Gasteiger partial charge is 0.462 e. The van der Waals surface area contributed by atoms with Crippen LogP contribution in [0.15, 0.2) is 12.2 Å². The molecule has 0 saturated carbocycles. The number of carbonyl (C=O) groups is 3.